The zero-order valence-corrected chi connectivity index (χ0v) is 12.9. The van der Waals surface area contributed by atoms with Crippen LogP contribution in [0.1, 0.15) is 6.42 Å². The van der Waals surface area contributed by atoms with Gasteiger partial charge in [0.05, 0.1) is 10.6 Å². The van der Waals surface area contributed by atoms with E-state index in [9.17, 15) is 21.6 Å². The Balaban J connectivity index is 2.47. The summed E-state index contributed by atoms with van der Waals surface area (Å²) in [5, 5.41) is -1.02. The molecule has 1 atom stereocenters. The predicted molar refractivity (Wildman–Crippen MR) is 75.1 cm³/mol. The number of amides is 1. The second-order valence-electron chi connectivity index (χ2n) is 4.55. The molecule has 1 aliphatic heterocycles. The van der Waals surface area contributed by atoms with Gasteiger partial charge in [-0.05, 0) is 12.1 Å². The van der Waals surface area contributed by atoms with Crippen molar-refractivity contribution < 1.29 is 21.6 Å². The van der Waals surface area contributed by atoms with Crippen molar-refractivity contribution in [3.8, 4) is 0 Å². The highest BCUT2D eigenvalue weighted by Gasteiger charge is 2.39. The fourth-order valence-corrected chi connectivity index (χ4v) is 4.00. The topological polar surface area (TPSA) is 88.6 Å². The first kappa shape index (κ1) is 15.3. The van der Waals surface area contributed by atoms with E-state index >= 15 is 0 Å². The van der Waals surface area contributed by atoms with E-state index in [0.717, 1.165) is 11.2 Å². The number of benzene rings is 1. The van der Waals surface area contributed by atoms with Crippen LogP contribution in [0, 0.1) is 0 Å². The highest BCUT2D eigenvalue weighted by molar-refractivity contribution is 8.14. The Labute approximate surface area is 121 Å². The third-order valence-electron chi connectivity index (χ3n) is 3.04. The Hall–Kier alpha value is -1.12. The highest BCUT2D eigenvalue weighted by atomic mass is 35.7. The van der Waals surface area contributed by atoms with Crippen molar-refractivity contribution in [2.24, 2.45) is 0 Å². The lowest BCUT2D eigenvalue weighted by Crippen LogP contribution is -2.28. The van der Waals surface area contributed by atoms with Crippen molar-refractivity contribution in [1.82, 2.24) is 0 Å². The fraction of sp³-hybridized carbons (Fsp3) is 0.364. The lowest BCUT2D eigenvalue weighted by molar-refractivity contribution is -0.117. The molecule has 0 radical (unpaired) electrons. The van der Waals surface area contributed by atoms with E-state index in [1.165, 1.54) is 18.2 Å². The third-order valence-corrected chi connectivity index (χ3v) is 6.06. The minimum atomic E-state index is -3.86. The van der Waals surface area contributed by atoms with Gasteiger partial charge in [0.15, 0.2) is 9.84 Å². The minimum Gasteiger partial charge on any atom is -0.310 e. The summed E-state index contributed by atoms with van der Waals surface area (Å²) in [6.45, 7) is -0.142. The fourth-order valence-electron chi connectivity index (χ4n) is 2.09. The molecule has 6 nitrogen and oxygen atoms in total. The molecule has 1 fully saturated rings. The van der Waals surface area contributed by atoms with Gasteiger partial charge in [-0.1, -0.05) is 12.1 Å². The van der Waals surface area contributed by atoms with E-state index in [4.69, 9.17) is 10.7 Å². The van der Waals surface area contributed by atoms with Crippen LogP contribution in [0.15, 0.2) is 29.2 Å². The lowest BCUT2D eigenvalue weighted by Gasteiger charge is -2.19. The van der Waals surface area contributed by atoms with E-state index in [0.29, 0.717) is 0 Å². The average Bonchev–Trinajstić information content (AvgIpc) is 2.70. The van der Waals surface area contributed by atoms with E-state index in [2.05, 4.69) is 0 Å². The van der Waals surface area contributed by atoms with Gasteiger partial charge in [-0.3, -0.25) is 4.79 Å². The maximum absolute atomic E-state index is 11.9. The monoisotopic (exact) mass is 337 g/mol. The molecule has 1 aliphatic rings. The SMILES string of the molecule is CS(=O)(=O)c1ccccc1N1CC(S(=O)(=O)Cl)CC1=O. The molecule has 0 spiro atoms. The number of carbonyl (C=O) groups is 1. The molecule has 1 amide bonds. The molecule has 1 aromatic carbocycles. The zero-order valence-electron chi connectivity index (χ0n) is 10.5. The van der Waals surface area contributed by atoms with Crippen molar-refractivity contribution >= 4 is 41.2 Å². The van der Waals surface area contributed by atoms with Gasteiger partial charge >= 0.3 is 0 Å². The molecule has 1 unspecified atom stereocenters. The maximum atomic E-state index is 11.9. The molecule has 20 heavy (non-hydrogen) atoms. The lowest BCUT2D eigenvalue weighted by atomic mass is 10.3. The second kappa shape index (κ2) is 5.01. The van der Waals surface area contributed by atoms with Gasteiger partial charge in [-0.2, -0.15) is 0 Å². The van der Waals surface area contributed by atoms with Crippen LogP contribution in [0.4, 0.5) is 5.69 Å². The molecule has 110 valence electrons. The van der Waals surface area contributed by atoms with Crippen LogP contribution in [-0.2, 0) is 23.7 Å². The molecule has 0 aliphatic carbocycles. The van der Waals surface area contributed by atoms with Crippen LogP contribution in [0.2, 0.25) is 0 Å². The van der Waals surface area contributed by atoms with Crippen LogP contribution < -0.4 is 4.90 Å². The molecule has 0 aromatic heterocycles. The first-order valence-electron chi connectivity index (χ1n) is 5.63. The van der Waals surface area contributed by atoms with Crippen molar-refractivity contribution in [3.63, 3.8) is 0 Å². The van der Waals surface area contributed by atoms with E-state index in [-0.39, 0.29) is 23.5 Å². The Morgan fingerprint density at radius 3 is 2.30 bits per heavy atom. The van der Waals surface area contributed by atoms with Crippen molar-refractivity contribution in [1.29, 1.82) is 0 Å². The second-order valence-corrected chi connectivity index (χ2v) is 9.44. The summed E-state index contributed by atoms with van der Waals surface area (Å²) in [5.41, 5.74) is 0.183. The van der Waals surface area contributed by atoms with Gasteiger partial charge in [-0.15, -0.1) is 0 Å². The van der Waals surface area contributed by atoms with Crippen molar-refractivity contribution in [2.75, 3.05) is 17.7 Å². The quantitative estimate of drug-likeness (QED) is 0.760. The van der Waals surface area contributed by atoms with Crippen LogP contribution in [0.5, 0.6) is 0 Å². The van der Waals surface area contributed by atoms with Gasteiger partial charge in [0.1, 0.15) is 5.25 Å². The zero-order chi connectivity index (χ0) is 15.1. The van der Waals surface area contributed by atoms with Gasteiger partial charge in [0.2, 0.25) is 15.0 Å². The number of hydrogen-bond acceptors (Lipinski definition) is 5. The highest BCUT2D eigenvalue weighted by Crippen LogP contribution is 2.31. The van der Waals surface area contributed by atoms with Gasteiger partial charge < -0.3 is 4.90 Å². The minimum absolute atomic E-state index is 0.0130. The molecule has 1 saturated heterocycles. The summed E-state index contributed by atoms with van der Waals surface area (Å²) in [6, 6.07) is 5.97. The summed E-state index contributed by atoms with van der Waals surface area (Å²) < 4.78 is 46.0. The predicted octanol–water partition coefficient (Wildman–Crippen LogP) is 0.764. The van der Waals surface area contributed by atoms with Crippen LogP contribution in [-0.4, -0.2) is 40.8 Å². The molecular weight excluding hydrogens is 326 g/mol. The average molecular weight is 338 g/mol. The largest absolute Gasteiger partial charge is 0.310 e. The first-order valence-corrected chi connectivity index (χ1v) is 9.90. The van der Waals surface area contributed by atoms with Crippen LogP contribution in [0.3, 0.4) is 0 Å². The smallest absolute Gasteiger partial charge is 0.237 e. The molecule has 0 N–H and O–H groups in total. The molecule has 1 heterocycles. The number of hydrogen-bond donors (Lipinski definition) is 0. The van der Waals surface area contributed by atoms with Gasteiger partial charge in [0, 0.05) is 29.9 Å². The Kier molecular flexibility index (Phi) is 3.83. The van der Waals surface area contributed by atoms with Gasteiger partial charge in [0.25, 0.3) is 0 Å². The van der Waals surface area contributed by atoms with Crippen LogP contribution in [0.25, 0.3) is 0 Å². The molecule has 2 rings (SSSR count). The number of sulfone groups is 1. The number of para-hydroxylation sites is 1. The first-order chi connectivity index (χ1) is 9.10. The summed E-state index contributed by atoms with van der Waals surface area (Å²) in [7, 11) is -2.13. The number of halogens is 1. The van der Waals surface area contributed by atoms with E-state index in [1.807, 2.05) is 0 Å². The third kappa shape index (κ3) is 2.97. The Bertz CT molecular complexity index is 757. The molecule has 9 heteroatoms. The number of nitrogens with zero attached hydrogens (tertiary/aromatic N) is 1. The number of rotatable bonds is 3. The molecule has 1 aromatic rings. The van der Waals surface area contributed by atoms with E-state index in [1.54, 1.807) is 6.07 Å². The molecule has 0 bridgehead atoms. The Morgan fingerprint density at radius 1 is 1.20 bits per heavy atom. The van der Waals surface area contributed by atoms with Crippen molar-refractivity contribution in [2.45, 2.75) is 16.6 Å². The molecule has 0 saturated carbocycles. The maximum Gasteiger partial charge on any atom is 0.237 e. The number of carbonyl (C=O) groups excluding carboxylic acids is 1. The standard InChI is InChI=1S/C11H12ClNO5S2/c1-19(15,16)10-5-3-2-4-9(10)13-7-8(6-11(13)14)20(12,17)18/h2-5,8H,6-7H2,1H3. The molecular formula is C11H12ClNO5S2. The van der Waals surface area contributed by atoms with E-state index < -0.39 is 30.0 Å². The number of anilines is 1. The van der Waals surface area contributed by atoms with Crippen LogP contribution >= 0.6 is 10.7 Å². The Morgan fingerprint density at radius 2 is 1.80 bits per heavy atom. The summed E-state index contributed by atoms with van der Waals surface area (Å²) in [5.74, 6) is -0.463. The normalized spacial score (nSPS) is 20.4. The summed E-state index contributed by atoms with van der Waals surface area (Å²) in [4.78, 5) is 13.1. The van der Waals surface area contributed by atoms with Crippen molar-refractivity contribution in [3.05, 3.63) is 24.3 Å². The summed E-state index contributed by atoms with van der Waals surface area (Å²) in [6.07, 6.45) is 0.784. The summed E-state index contributed by atoms with van der Waals surface area (Å²) >= 11 is 0. The van der Waals surface area contributed by atoms with Gasteiger partial charge in [-0.25, -0.2) is 16.8 Å².